The minimum atomic E-state index is -0.230. The first-order valence-electron chi connectivity index (χ1n) is 5.79. The third-order valence-electron chi connectivity index (χ3n) is 3.11. The molecule has 1 unspecified atom stereocenters. The molecule has 2 heterocycles. The Bertz CT molecular complexity index is 579. The fraction of sp³-hybridized carbons (Fsp3) is 0.308. The monoisotopic (exact) mass is 358 g/mol. The highest BCUT2D eigenvalue weighted by molar-refractivity contribution is 14.1. The minimum absolute atomic E-state index is 0.198. The van der Waals surface area contributed by atoms with Crippen molar-refractivity contribution in [2.24, 2.45) is 0 Å². The van der Waals surface area contributed by atoms with Crippen LogP contribution in [-0.4, -0.2) is 15.9 Å². The lowest BCUT2D eigenvalue weighted by Gasteiger charge is -2.20. The molecule has 1 aliphatic heterocycles. The summed E-state index contributed by atoms with van der Waals surface area (Å²) in [5.41, 5.74) is 3.22. The summed E-state index contributed by atoms with van der Waals surface area (Å²) in [6.07, 6.45) is 1.03. The third kappa shape index (κ3) is 2.05. The Morgan fingerprint density at radius 1 is 1.39 bits per heavy atom. The normalized spacial score (nSPS) is 18.7. The summed E-state index contributed by atoms with van der Waals surface area (Å²) in [5, 5.41) is 4.53. The molecule has 1 aliphatic rings. The van der Waals surface area contributed by atoms with Gasteiger partial charge in [-0.05, 0) is 53.8 Å². The molecule has 0 radical (unpaired) electrons. The topological polar surface area (TPSA) is 27.1 Å². The number of hydrogen-bond donors (Lipinski definition) is 0. The van der Waals surface area contributed by atoms with Crippen LogP contribution in [0.25, 0.3) is 5.69 Å². The maximum atomic E-state index is 13.0. The van der Waals surface area contributed by atoms with Crippen molar-refractivity contribution in [2.75, 3.05) is 0 Å². The zero-order chi connectivity index (χ0) is 12.7. The average molecular weight is 358 g/mol. The molecule has 1 aromatic heterocycles. The van der Waals surface area contributed by atoms with E-state index in [-0.39, 0.29) is 11.9 Å². The first-order valence-corrected chi connectivity index (χ1v) is 6.87. The number of nitrogens with zero attached hydrogens (tertiary/aromatic N) is 2. The molecule has 1 atom stereocenters. The highest BCUT2D eigenvalue weighted by Gasteiger charge is 2.24. The molecule has 1 aromatic carbocycles. The zero-order valence-corrected chi connectivity index (χ0v) is 12.0. The number of halogens is 2. The van der Waals surface area contributed by atoms with Crippen molar-refractivity contribution >= 4 is 22.6 Å². The van der Waals surface area contributed by atoms with Crippen LogP contribution in [0.15, 0.2) is 24.3 Å². The SMILES string of the molecule is CC1Cc2c(c(I)nn2-c2ccc(F)cc2)CO1. The maximum absolute atomic E-state index is 13.0. The highest BCUT2D eigenvalue weighted by atomic mass is 127. The number of rotatable bonds is 1. The van der Waals surface area contributed by atoms with E-state index in [4.69, 9.17) is 4.74 Å². The Kier molecular flexibility index (Phi) is 3.11. The molecule has 3 nitrogen and oxygen atoms in total. The second kappa shape index (κ2) is 4.62. The van der Waals surface area contributed by atoms with E-state index in [0.717, 1.165) is 21.4 Å². The van der Waals surface area contributed by atoms with Gasteiger partial charge in [-0.1, -0.05) is 0 Å². The Labute approximate surface area is 118 Å². The molecule has 94 valence electrons. The van der Waals surface area contributed by atoms with Crippen LogP contribution in [0, 0.1) is 9.52 Å². The fourth-order valence-electron chi connectivity index (χ4n) is 2.16. The van der Waals surface area contributed by atoms with Gasteiger partial charge in [0.1, 0.15) is 9.52 Å². The lowest BCUT2D eigenvalue weighted by molar-refractivity contribution is 0.0395. The lowest BCUT2D eigenvalue weighted by Crippen LogP contribution is -2.21. The fourth-order valence-corrected chi connectivity index (χ4v) is 2.84. The van der Waals surface area contributed by atoms with Crippen molar-refractivity contribution in [3.63, 3.8) is 0 Å². The van der Waals surface area contributed by atoms with Crippen LogP contribution in [0.2, 0.25) is 0 Å². The number of hydrogen-bond acceptors (Lipinski definition) is 2. The van der Waals surface area contributed by atoms with E-state index in [9.17, 15) is 4.39 Å². The van der Waals surface area contributed by atoms with E-state index in [1.807, 2.05) is 4.68 Å². The Hall–Kier alpha value is -0.950. The molecule has 0 saturated heterocycles. The van der Waals surface area contributed by atoms with E-state index in [0.29, 0.717) is 6.61 Å². The molecule has 0 amide bonds. The molecule has 0 aliphatic carbocycles. The highest BCUT2D eigenvalue weighted by Crippen LogP contribution is 2.27. The smallest absolute Gasteiger partial charge is 0.129 e. The predicted molar refractivity (Wildman–Crippen MR) is 74.2 cm³/mol. The minimum Gasteiger partial charge on any atom is -0.373 e. The van der Waals surface area contributed by atoms with Crippen molar-refractivity contribution in [3.05, 3.63) is 45.0 Å². The van der Waals surface area contributed by atoms with E-state index in [1.165, 1.54) is 17.8 Å². The zero-order valence-electron chi connectivity index (χ0n) is 9.86. The Balaban J connectivity index is 2.10. The molecule has 2 aromatic rings. The van der Waals surface area contributed by atoms with Gasteiger partial charge in [0.05, 0.1) is 24.1 Å². The van der Waals surface area contributed by atoms with Crippen LogP contribution in [0.5, 0.6) is 0 Å². The van der Waals surface area contributed by atoms with Gasteiger partial charge in [-0.3, -0.25) is 0 Å². The third-order valence-corrected chi connectivity index (χ3v) is 3.97. The Morgan fingerprint density at radius 3 is 2.83 bits per heavy atom. The quantitative estimate of drug-likeness (QED) is 0.733. The van der Waals surface area contributed by atoms with Gasteiger partial charge in [0, 0.05) is 12.0 Å². The van der Waals surface area contributed by atoms with Crippen LogP contribution in [-0.2, 0) is 17.8 Å². The average Bonchev–Trinajstić information content (AvgIpc) is 2.67. The van der Waals surface area contributed by atoms with Crippen molar-refractivity contribution < 1.29 is 9.13 Å². The van der Waals surface area contributed by atoms with E-state index in [1.54, 1.807) is 12.1 Å². The molecular formula is C13H12FIN2O. The van der Waals surface area contributed by atoms with E-state index >= 15 is 0 Å². The van der Waals surface area contributed by atoms with Crippen LogP contribution >= 0.6 is 22.6 Å². The van der Waals surface area contributed by atoms with E-state index in [2.05, 4.69) is 34.6 Å². The van der Waals surface area contributed by atoms with Crippen molar-refractivity contribution in [1.29, 1.82) is 0 Å². The van der Waals surface area contributed by atoms with Crippen LogP contribution in [0.3, 0.4) is 0 Å². The van der Waals surface area contributed by atoms with Crippen molar-refractivity contribution in [1.82, 2.24) is 9.78 Å². The van der Waals surface area contributed by atoms with Gasteiger partial charge < -0.3 is 4.74 Å². The predicted octanol–water partition coefficient (Wildman–Crippen LogP) is 3.08. The molecule has 3 rings (SSSR count). The molecule has 18 heavy (non-hydrogen) atoms. The lowest BCUT2D eigenvalue weighted by atomic mass is 10.1. The number of fused-ring (bicyclic) bond motifs is 1. The number of ether oxygens (including phenoxy) is 1. The molecular weight excluding hydrogens is 346 g/mol. The summed E-state index contributed by atoms with van der Waals surface area (Å²) >= 11 is 2.22. The molecule has 0 bridgehead atoms. The summed E-state index contributed by atoms with van der Waals surface area (Å²) in [6, 6.07) is 6.41. The van der Waals surface area contributed by atoms with Crippen LogP contribution < -0.4 is 0 Å². The van der Waals surface area contributed by atoms with Crippen LogP contribution in [0.4, 0.5) is 4.39 Å². The summed E-state index contributed by atoms with van der Waals surface area (Å²) in [6.45, 7) is 2.66. The molecule has 0 fully saturated rings. The second-order valence-electron chi connectivity index (χ2n) is 4.43. The molecule has 5 heteroatoms. The standard InChI is InChI=1S/C13H12FIN2O/c1-8-6-12-11(7-18-8)13(15)16-17(12)10-4-2-9(14)3-5-10/h2-5,8H,6-7H2,1H3. The van der Waals surface area contributed by atoms with Gasteiger partial charge in [-0.25, -0.2) is 9.07 Å². The molecule has 0 N–H and O–H groups in total. The van der Waals surface area contributed by atoms with E-state index < -0.39 is 0 Å². The number of benzene rings is 1. The second-order valence-corrected chi connectivity index (χ2v) is 5.45. The molecule has 0 spiro atoms. The van der Waals surface area contributed by atoms with Gasteiger partial charge in [-0.2, -0.15) is 5.10 Å². The summed E-state index contributed by atoms with van der Waals surface area (Å²) in [5.74, 6) is -0.230. The van der Waals surface area contributed by atoms with Gasteiger partial charge >= 0.3 is 0 Å². The summed E-state index contributed by atoms with van der Waals surface area (Å²) in [4.78, 5) is 0. The number of aromatic nitrogens is 2. The van der Waals surface area contributed by atoms with Gasteiger partial charge in [0.2, 0.25) is 0 Å². The summed E-state index contributed by atoms with van der Waals surface area (Å²) < 4.78 is 21.4. The van der Waals surface area contributed by atoms with Crippen molar-refractivity contribution in [2.45, 2.75) is 26.1 Å². The molecule has 0 saturated carbocycles. The first-order chi connectivity index (χ1) is 8.65. The van der Waals surface area contributed by atoms with Crippen molar-refractivity contribution in [3.8, 4) is 5.69 Å². The van der Waals surface area contributed by atoms with Crippen LogP contribution in [0.1, 0.15) is 18.2 Å². The van der Waals surface area contributed by atoms with Gasteiger partial charge in [0.15, 0.2) is 0 Å². The van der Waals surface area contributed by atoms with Gasteiger partial charge in [-0.15, -0.1) is 0 Å². The first kappa shape index (κ1) is 12.1. The summed E-state index contributed by atoms with van der Waals surface area (Å²) in [7, 11) is 0. The largest absolute Gasteiger partial charge is 0.373 e. The maximum Gasteiger partial charge on any atom is 0.129 e. The Morgan fingerprint density at radius 2 is 2.11 bits per heavy atom. The van der Waals surface area contributed by atoms with Gasteiger partial charge in [0.25, 0.3) is 0 Å².